The topological polar surface area (TPSA) is 271 Å². The van der Waals surface area contributed by atoms with E-state index in [9.17, 15) is 42.3 Å². The molecule has 2 atom stereocenters. The number of carboxylic acids is 1. The maximum Gasteiger partial charge on any atom is 0.490 e. The minimum absolute atomic E-state index is 0.194. The Morgan fingerprint density at radius 3 is 2.09 bits per heavy atom. The van der Waals surface area contributed by atoms with Gasteiger partial charge in [0.25, 0.3) is 5.91 Å². The van der Waals surface area contributed by atoms with Gasteiger partial charge in [-0.3, -0.25) is 14.4 Å². The molecule has 4 aromatic rings. The van der Waals surface area contributed by atoms with Crippen LogP contribution in [0.25, 0.3) is 22.5 Å². The van der Waals surface area contributed by atoms with Crippen LogP contribution < -0.4 is 21.3 Å². The third kappa shape index (κ3) is 14.7. The Labute approximate surface area is 371 Å². The van der Waals surface area contributed by atoms with Crippen LogP contribution in [0, 0.1) is 18.8 Å². The summed E-state index contributed by atoms with van der Waals surface area (Å²) < 4.78 is 37.1. The Kier molecular flexibility index (Phi) is 16.2. The van der Waals surface area contributed by atoms with Crippen LogP contribution in [0.2, 0.25) is 0 Å². The molecule has 2 aromatic carbocycles. The number of alkyl halides is 3. The number of ether oxygens (including phenoxy) is 1. The van der Waals surface area contributed by atoms with E-state index >= 15 is 0 Å². The highest BCUT2D eigenvalue weighted by Crippen LogP contribution is 2.29. The monoisotopic (exact) mass is 908 g/mol. The standard InChI is InChI=1S/C41H50N10O7.C2HF3O2/c1-24-32(17-18-33(43-24)37(53)45-31-19-20-51(23-31)40(56)57)27-9-5-25(6-10-27)21-34(38(54)44-30-15-13-28(14-16-30)35-47-49-50-48-35)46-36(52)29-11-7-26(8-12-29)22-42-39(55)58-41(2,3)4;3-2(4,5)1(6)7/h5-6,9-10,13-18,26,29,31,34H,7-8,11-12,19-23H2,1-4H3,(H,42,55)(H,44,54)(H,45,53)(H,46,52)(H,56,57)(H,47,48,49,50);(H,6,7)/t26?,29?,31-,34+;/m1./s1. The van der Waals surface area contributed by atoms with Crippen LogP contribution in [0.4, 0.5) is 28.4 Å². The zero-order chi connectivity index (χ0) is 47.5. The van der Waals surface area contributed by atoms with E-state index in [0.717, 1.165) is 35.1 Å². The summed E-state index contributed by atoms with van der Waals surface area (Å²) in [5.74, 6) is -3.32. The van der Waals surface area contributed by atoms with E-state index in [1.54, 1.807) is 30.3 Å². The number of amides is 5. The fourth-order valence-electron chi connectivity index (χ4n) is 7.25. The lowest BCUT2D eigenvalue weighted by molar-refractivity contribution is -0.192. The van der Waals surface area contributed by atoms with E-state index in [4.69, 9.17) is 14.6 Å². The van der Waals surface area contributed by atoms with E-state index in [0.29, 0.717) is 49.6 Å². The first-order valence-electron chi connectivity index (χ1n) is 20.7. The van der Waals surface area contributed by atoms with E-state index in [-0.39, 0.29) is 54.3 Å². The number of carbonyl (C=O) groups is 6. The molecule has 5 amide bonds. The Morgan fingerprint density at radius 2 is 1.54 bits per heavy atom. The number of hydrogen-bond donors (Lipinski definition) is 7. The largest absolute Gasteiger partial charge is 0.490 e. The second-order valence-electron chi connectivity index (χ2n) is 16.7. The number of halogens is 3. The zero-order valence-corrected chi connectivity index (χ0v) is 36.1. The predicted molar refractivity (Wildman–Crippen MR) is 227 cm³/mol. The quantitative estimate of drug-likeness (QED) is 0.0946. The van der Waals surface area contributed by atoms with Gasteiger partial charge in [-0.05, 0) is 112 Å². The summed E-state index contributed by atoms with van der Waals surface area (Å²) in [6.45, 7) is 8.34. The number of pyridine rings is 1. The first kappa shape index (κ1) is 48.9. The molecule has 0 bridgehead atoms. The minimum atomic E-state index is -5.08. The lowest BCUT2D eigenvalue weighted by Gasteiger charge is -2.29. The van der Waals surface area contributed by atoms with Gasteiger partial charge in [-0.2, -0.15) is 18.4 Å². The molecule has 3 heterocycles. The number of hydrogen-bond acceptors (Lipinski definition) is 11. The zero-order valence-electron chi connectivity index (χ0n) is 36.1. The summed E-state index contributed by atoms with van der Waals surface area (Å²) >= 11 is 0. The first-order valence-corrected chi connectivity index (χ1v) is 20.7. The molecule has 1 aliphatic carbocycles. The number of aryl methyl sites for hydroxylation is 1. The highest BCUT2D eigenvalue weighted by molar-refractivity contribution is 5.98. The van der Waals surface area contributed by atoms with E-state index in [2.05, 4.69) is 46.9 Å². The Balaban J connectivity index is 0.00000105. The van der Waals surface area contributed by atoms with Crippen molar-refractivity contribution in [2.45, 2.75) is 90.1 Å². The molecule has 0 radical (unpaired) electrons. The number of nitrogens with zero attached hydrogens (tertiary/aromatic N) is 5. The molecule has 19 nitrogen and oxygen atoms in total. The number of benzene rings is 2. The fraction of sp³-hybridized carbons (Fsp3) is 0.442. The molecule has 1 saturated heterocycles. The van der Waals surface area contributed by atoms with Crippen LogP contribution in [0.1, 0.15) is 74.6 Å². The van der Waals surface area contributed by atoms with Crippen molar-refractivity contribution >= 4 is 41.6 Å². The number of carbonyl (C=O) groups excluding carboxylic acids is 4. The lowest BCUT2D eigenvalue weighted by Crippen LogP contribution is -2.48. The summed E-state index contributed by atoms with van der Waals surface area (Å²) in [5.41, 5.74) is 4.06. The second kappa shape index (κ2) is 21.5. The van der Waals surface area contributed by atoms with E-state index in [1.807, 2.05) is 58.0 Å². The van der Waals surface area contributed by atoms with Gasteiger partial charge in [0.15, 0.2) is 0 Å². The maximum atomic E-state index is 13.8. The smallest absolute Gasteiger partial charge is 0.475 e. The van der Waals surface area contributed by atoms with Gasteiger partial charge >= 0.3 is 24.3 Å². The van der Waals surface area contributed by atoms with Gasteiger partial charge in [-0.25, -0.2) is 19.4 Å². The molecule has 0 unspecified atom stereocenters. The van der Waals surface area contributed by atoms with Crippen molar-refractivity contribution in [2.24, 2.45) is 11.8 Å². The van der Waals surface area contributed by atoms with Gasteiger partial charge in [0, 0.05) is 60.5 Å². The molecule has 7 N–H and O–H groups in total. The fourth-order valence-corrected chi connectivity index (χ4v) is 7.25. The highest BCUT2D eigenvalue weighted by atomic mass is 19.4. The molecule has 0 spiro atoms. The molecular weight excluding hydrogens is 858 g/mol. The molecule has 22 heteroatoms. The third-order valence-corrected chi connectivity index (χ3v) is 10.6. The predicted octanol–water partition coefficient (Wildman–Crippen LogP) is 5.35. The molecule has 348 valence electrons. The number of anilines is 1. The van der Waals surface area contributed by atoms with Crippen LogP contribution in [0.15, 0.2) is 60.7 Å². The maximum absolute atomic E-state index is 13.8. The number of aromatic nitrogens is 5. The number of likely N-dealkylation sites (tertiary alicyclic amines) is 1. The lowest BCUT2D eigenvalue weighted by atomic mass is 9.81. The first-order chi connectivity index (χ1) is 30.6. The van der Waals surface area contributed by atoms with Crippen molar-refractivity contribution in [3.63, 3.8) is 0 Å². The number of alkyl carbamates (subject to hydrolysis) is 1. The molecule has 2 aliphatic rings. The molecule has 1 aliphatic heterocycles. The number of tetrazole rings is 1. The third-order valence-electron chi connectivity index (χ3n) is 10.6. The van der Waals surface area contributed by atoms with Crippen molar-refractivity contribution in [3.05, 3.63) is 77.6 Å². The SMILES string of the molecule is Cc1nc(C(=O)N[C@@H]2CCN(C(=O)O)C2)ccc1-c1ccc(C[C@H](NC(=O)C2CCC(CNC(=O)OC(C)(C)C)CC2)C(=O)Nc2ccc(-c3nn[nH]n3)cc2)cc1.O=C(O)C(F)(F)F. The average molecular weight is 909 g/mol. The number of carboxylic acid groups (broad SMARTS) is 2. The molecule has 2 aromatic heterocycles. The van der Waals surface area contributed by atoms with Crippen LogP contribution in [-0.4, -0.2) is 120 Å². The number of aromatic amines is 1. The summed E-state index contributed by atoms with van der Waals surface area (Å²) in [6.07, 6.45) is -3.01. The highest BCUT2D eigenvalue weighted by Gasteiger charge is 2.38. The van der Waals surface area contributed by atoms with Gasteiger partial charge in [0.1, 0.15) is 17.3 Å². The molecule has 6 rings (SSSR count). The van der Waals surface area contributed by atoms with Crippen molar-refractivity contribution in [2.75, 3.05) is 25.0 Å². The van der Waals surface area contributed by atoms with Gasteiger partial charge in [0.05, 0.1) is 0 Å². The minimum Gasteiger partial charge on any atom is -0.475 e. The van der Waals surface area contributed by atoms with Gasteiger partial charge in [-0.15, -0.1) is 10.2 Å². The average Bonchev–Trinajstić information content (AvgIpc) is 3.96. The molecular formula is C43H51F3N10O9. The van der Waals surface area contributed by atoms with Crippen LogP contribution in [0.3, 0.4) is 0 Å². The Bertz CT molecular complexity index is 2300. The Morgan fingerprint density at radius 1 is 0.892 bits per heavy atom. The second-order valence-corrected chi connectivity index (χ2v) is 16.7. The number of aliphatic carboxylic acids is 1. The van der Waals surface area contributed by atoms with Gasteiger partial charge in [0.2, 0.25) is 17.6 Å². The summed E-state index contributed by atoms with van der Waals surface area (Å²) in [6, 6.07) is 16.9. The van der Waals surface area contributed by atoms with Crippen LogP contribution in [0.5, 0.6) is 0 Å². The van der Waals surface area contributed by atoms with Gasteiger partial charge in [-0.1, -0.05) is 30.3 Å². The van der Waals surface area contributed by atoms with E-state index < -0.39 is 36.0 Å². The van der Waals surface area contributed by atoms with Crippen LogP contribution in [-0.2, 0) is 25.5 Å². The van der Waals surface area contributed by atoms with Crippen LogP contribution >= 0.6 is 0 Å². The molecule has 2 fully saturated rings. The van der Waals surface area contributed by atoms with Crippen molar-refractivity contribution < 1.29 is 56.9 Å². The summed E-state index contributed by atoms with van der Waals surface area (Å²) in [5, 5.41) is 42.0. The normalized spacial score (nSPS) is 17.7. The Hall–Kier alpha value is -7.13. The van der Waals surface area contributed by atoms with Crippen molar-refractivity contribution in [1.29, 1.82) is 0 Å². The number of rotatable bonds is 12. The molecule has 1 saturated carbocycles. The summed E-state index contributed by atoms with van der Waals surface area (Å²) in [7, 11) is 0. The van der Waals surface area contributed by atoms with Crippen molar-refractivity contribution in [1.82, 2.24) is 46.5 Å². The summed E-state index contributed by atoms with van der Waals surface area (Å²) in [4.78, 5) is 78.5. The number of nitrogens with one attached hydrogen (secondary N) is 5. The van der Waals surface area contributed by atoms with Crippen molar-refractivity contribution in [3.8, 4) is 22.5 Å². The van der Waals surface area contributed by atoms with Gasteiger partial charge < -0.3 is 41.1 Å². The molecule has 65 heavy (non-hydrogen) atoms. The number of H-pyrrole nitrogens is 1. The van der Waals surface area contributed by atoms with E-state index in [1.165, 1.54) is 4.90 Å².